The zero-order valence-electron chi connectivity index (χ0n) is 11.2. The fourth-order valence-corrected chi connectivity index (χ4v) is 2.02. The van der Waals surface area contributed by atoms with Crippen LogP contribution in [0, 0.1) is 11.3 Å². The van der Waals surface area contributed by atoms with Crippen LogP contribution in [0.5, 0.6) is 0 Å². The van der Waals surface area contributed by atoms with E-state index in [4.69, 9.17) is 5.73 Å². The van der Waals surface area contributed by atoms with Crippen molar-refractivity contribution in [3.63, 3.8) is 0 Å². The number of imidazole rings is 1. The molecule has 1 rings (SSSR count). The number of hydrogen-bond acceptors (Lipinski definition) is 2. The van der Waals surface area contributed by atoms with E-state index in [2.05, 4.69) is 44.2 Å². The first-order valence-electron chi connectivity index (χ1n) is 6.06. The van der Waals surface area contributed by atoms with Crippen molar-refractivity contribution < 1.29 is 0 Å². The third kappa shape index (κ3) is 3.34. The van der Waals surface area contributed by atoms with Gasteiger partial charge in [0.2, 0.25) is 0 Å². The maximum absolute atomic E-state index is 5.85. The number of aromatic nitrogens is 2. The Bertz CT molecular complexity index is 320. The normalized spacial score (nSPS) is 14.4. The predicted molar refractivity (Wildman–Crippen MR) is 68.3 cm³/mol. The van der Waals surface area contributed by atoms with Crippen LogP contribution in [0.4, 0.5) is 0 Å². The molecule has 92 valence electrons. The Kier molecular flexibility index (Phi) is 4.14. The van der Waals surface area contributed by atoms with Crippen molar-refractivity contribution in [2.75, 3.05) is 6.54 Å². The van der Waals surface area contributed by atoms with E-state index >= 15 is 0 Å². The number of rotatable bonds is 4. The quantitative estimate of drug-likeness (QED) is 0.852. The molecular formula is C13H25N3. The summed E-state index contributed by atoms with van der Waals surface area (Å²) < 4.78 is 2.25. The van der Waals surface area contributed by atoms with Crippen LogP contribution in [-0.2, 0) is 6.42 Å². The average Bonchev–Trinajstić information content (AvgIpc) is 2.51. The molecule has 0 aromatic carbocycles. The zero-order chi connectivity index (χ0) is 12.3. The van der Waals surface area contributed by atoms with Gasteiger partial charge in [-0.15, -0.1) is 0 Å². The predicted octanol–water partition coefficient (Wildman–Crippen LogP) is 2.63. The Morgan fingerprint density at radius 1 is 1.38 bits per heavy atom. The SMILES string of the molecule is CC(C)C(CN)n1cncc1CC(C)(C)C. The third-order valence-electron chi connectivity index (χ3n) is 2.83. The van der Waals surface area contributed by atoms with Crippen LogP contribution in [0.1, 0.15) is 46.4 Å². The molecule has 0 spiro atoms. The van der Waals surface area contributed by atoms with Crippen LogP contribution in [-0.4, -0.2) is 16.1 Å². The van der Waals surface area contributed by atoms with Crippen molar-refractivity contribution in [1.29, 1.82) is 0 Å². The summed E-state index contributed by atoms with van der Waals surface area (Å²) in [4.78, 5) is 4.26. The lowest BCUT2D eigenvalue weighted by Crippen LogP contribution is -2.26. The van der Waals surface area contributed by atoms with E-state index in [-0.39, 0.29) is 5.41 Å². The maximum atomic E-state index is 5.85. The number of nitrogens with zero attached hydrogens (tertiary/aromatic N) is 2. The van der Waals surface area contributed by atoms with E-state index in [0.717, 1.165) is 6.42 Å². The molecule has 16 heavy (non-hydrogen) atoms. The molecule has 0 amide bonds. The molecule has 0 saturated carbocycles. The monoisotopic (exact) mass is 223 g/mol. The van der Waals surface area contributed by atoms with E-state index in [9.17, 15) is 0 Å². The minimum atomic E-state index is 0.286. The van der Waals surface area contributed by atoms with Crippen LogP contribution >= 0.6 is 0 Å². The average molecular weight is 223 g/mol. The minimum absolute atomic E-state index is 0.286. The van der Waals surface area contributed by atoms with E-state index < -0.39 is 0 Å². The summed E-state index contributed by atoms with van der Waals surface area (Å²) >= 11 is 0. The van der Waals surface area contributed by atoms with Crippen molar-refractivity contribution in [3.05, 3.63) is 18.2 Å². The molecule has 3 heteroatoms. The molecule has 0 bridgehead atoms. The van der Waals surface area contributed by atoms with Gasteiger partial charge in [0.1, 0.15) is 0 Å². The Labute approximate surface area is 99.1 Å². The summed E-state index contributed by atoms with van der Waals surface area (Å²) in [5.41, 5.74) is 7.42. The smallest absolute Gasteiger partial charge is 0.0951 e. The molecule has 1 aromatic rings. The summed E-state index contributed by atoms with van der Waals surface area (Å²) in [5, 5.41) is 0. The summed E-state index contributed by atoms with van der Waals surface area (Å²) in [6, 6.07) is 0.361. The van der Waals surface area contributed by atoms with Crippen molar-refractivity contribution in [2.24, 2.45) is 17.1 Å². The molecule has 3 nitrogen and oxygen atoms in total. The van der Waals surface area contributed by atoms with Gasteiger partial charge in [-0.2, -0.15) is 0 Å². The first-order valence-corrected chi connectivity index (χ1v) is 6.06. The lowest BCUT2D eigenvalue weighted by molar-refractivity contribution is 0.348. The molecule has 2 N–H and O–H groups in total. The fourth-order valence-electron chi connectivity index (χ4n) is 2.02. The summed E-state index contributed by atoms with van der Waals surface area (Å²) in [6.07, 6.45) is 4.92. The maximum Gasteiger partial charge on any atom is 0.0951 e. The standard InChI is InChI=1S/C13H25N3/c1-10(2)12(7-14)16-9-15-8-11(16)6-13(3,4)5/h8-10,12H,6-7,14H2,1-5H3. The highest BCUT2D eigenvalue weighted by Crippen LogP contribution is 2.24. The van der Waals surface area contributed by atoms with Crippen LogP contribution in [0.3, 0.4) is 0 Å². The fraction of sp³-hybridized carbons (Fsp3) is 0.769. The van der Waals surface area contributed by atoms with Crippen molar-refractivity contribution in [3.8, 4) is 0 Å². The lowest BCUT2D eigenvalue weighted by atomic mass is 9.90. The second kappa shape index (κ2) is 5.00. The zero-order valence-corrected chi connectivity index (χ0v) is 11.2. The molecule has 0 fully saturated rings. The first kappa shape index (κ1) is 13.2. The number of hydrogen-bond donors (Lipinski definition) is 1. The Balaban J connectivity index is 2.93. The molecule has 0 radical (unpaired) electrons. The topological polar surface area (TPSA) is 43.8 Å². The van der Waals surface area contributed by atoms with E-state index in [1.165, 1.54) is 5.69 Å². The molecule has 0 aliphatic carbocycles. The summed E-state index contributed by atoms with van der Waals surface area (Å²) in [6.45, 7) is 11.8. The molecule has 1 unspecified atom stereocenters. The van der Waals surface area contributed by atoms with Gasteiger partial charge in [-0.25, -0.2) is 4.98 Å². The summed E-state index contributed by atoms with van der Waals surface area (Å²) in [5.74, 6) is 0.540. The highest BCUT2D eigenvalue weighted by atomic mass is 15.1. The molecule has 0 saturated heterocycles. The van der Waals surface area contributed by atoms with Crippen LogP contribution < -0.4 is 5.73 Å². The van der Waals surface area contributed by atoms with E-state index in [0.29, 0.717) is 18.5 Å². The first-order chi connectivity index (χ1) is 7.35. The Morgan fingerprint density at radius 2 is 2.00 bits per heavy atom. The molecule has 1 aromatic heterocycles. The van der Waals surface area contributed by atoms with Gasteiger partial charge >= 0.3 is 0 Å². The van der Waals surface area contributed by atoms with Crippen LogP contribution in [0.25, 0.3) is 0 Å². The Hall–Kier alpha value is -0.830. The second-order valence-electron chi connectivity index (χ2n) is 6.08. The van der Waals surface area contributed by atoms with Gasteiger partial charge in [0.05, 0.1) is 6.33 Å². The van der Waals surface area contributed by atoms with Crippen molar-refractivity contribution in [1.82, 2.24) is 9.55 Å². The molecule has 0 aliphatic rings. The van der Waals surface area contributed by atoms with Gasteiger partial charge in [-0.3, -0.25) is 0 Å². The third-order valence-corrected chi connectivity index (χ3v) is 2.83. The van der Waals surface area contributed by atoms with Gasteiger partial charge in [-0.05, 0) is 17.8 Å². The van der Waals surface area contributed by atoms with Crippen LogP contribution in [0.15, 0.2) is 12.5 Å². The van der Waals surface area contributed by atoms with Crippen molar-refractivity contribution >= 4 is 0 Å². The van der Waals surface area contributed by atoms with Crippen LogP contribution in [0.2, 0.25) is 0 Å². The molecular weight excluding hydrogens is 198 g/mol. The Morgan fingerprint density at radius 3 is 2.44 bits per heavy atom. The van der Waals surface area contributed by atoms with Gasteiger partial charge in [0, 0.05) is 24.5 Å². The van der Waals surface area contributed by atoms with E-state index in [1.54, 1.807) is 0 Å². The lowest BCUT2D eigenvalue weighted by Gasteiger charge is -2.25. The molecule has 0 aliphatic heterocycles. The summed E-state index contributed by atoms with van der Waals surface area (Å²) in [7, 11) is 0. The van der Waals surface area contributed by atoms with E-state index in [1.807, 2.05) is 12.5 Å². The van der Waals surface area contributed by atoms with Gasteiger partial charge in [-0.1, -0.05) is 34.6 Å². The highest BCUT2D eigenvalue weighted by Gasteiger charge is 2.20. The number of nitrogens with two attached hydrogens (primary N) is 1. The second-order valence-corrected chi connectivity index (χ2v) is 6.08. The largest absolute Gasteiger partial charge is 0.330 e. The van der Waals surface area contributed by atoms with Gasteiger partial charge < -0.3 is 10.3 Å². The molecule has 1 heterocycles. The minimum Gasteiger partial charge on any atom is -0.330 e. The molecule has 1 atom stereocenters. The van der Waals surface area contributed by atoms with Crippen molar-refractivity contribution in [2.45, 2.75) is 47.1 Å². The van der Waals surface area contributed by atoms with Gasteiger partial charge in [0.25, 0.3) is 0 Å². The van der Waals surface area contributed by atoms with Gasteiger partial charge in [0.15, 0.2) is 0 Å². The highest BCUT2D eigenvalue weighted by molar-refractivity contribution is 5.03.